The van der Waals surface area contributed by atoms with Gasteiger partial charge in [-0.1, -0.05) is 11.8 Å². The van der Waals surface area contributed by atoms with E-state index in [0.29, 0.717) is 28.1 Å². The average Bonchev–Trinajstić information content (AvgIpc) is 3.44. The maximum absolute atomic E-state index is 12.3. The Morgan fingerprint density at radius 2 is 1.85 bits per heavy atom. The number of carbonyl (C=O) groups excluding carboxylic acids is 1. The van der Waals surface area contributed by atoms with Crippen molar-refractivity contribution < 1.29 is 17.9 Å². The molecule has 0 spiro atoms. The highest BCUT2D eigenvalue weighted by Gasteiger charge is 2.17. The third-order valence-electron chi connectivity index (χ3n) is 4.67. The molecule has 1 amide bonds. The minimum Gasteiger partial charge on any atom is -0.497 e. The first-order valence-corrected chi connectivity index (χ1v) is 12.2. The highest BCUT2D eigenvalue weighted by Crippen LogP contribution is 2.26. The number of aromatic nitrogens is 5. The van der Waals surface area contributed by atoms with Crippen molar-refractivity contribution in [2.24, 2.45) is 5.14 Å². The quantitative estimate of drug-likeness (QED) is 0.205. The molecular formula is C20H20N8O4S2. The summed E-state index contributed by atoms with van der Waals surface area (Å²) in [5.74, 6) is 6.90. The van der Waals surface area contributed by atoms with Gasteiger partial charge in [0.1, 0.15) is 11.4 Å². The monoisotopic (exact) mass is 500 g/mol. The first-order valence-electron chi connectivity index (χ1n) is 9.71. The van der Waals surface area contributed by atoms with Crippen molar-refractivity contribution in [3.05, 3.63) is 54.6 Å². The SMILES string of the molecule is COc1ccc(-c2cc(-c3nnc(SCC(=O)Nc4ccc(S(N)(=O)=O)cc4)n3N)[nH]n2)cc1. The van der Waals surface area contributed by atoms with Gasteiger partial charge in [0.2, 0.25) is 26.9 Å². The van der Waals surface area contributed by atoms with Crippen LogP contribution in [0.4, 0.5) is 5.69 Å². The number of hydrogen-bond donors (Lipinski definition) is 4. The number of H-pyrrole nitrogens is 1. The molecule has 0 aliphatic carbocycles. The van der Waals surface area contributed by atoms with E-state index in [9.17, 15) is 13.2 Å². The molecule has 2 aromatic carbocycles. The topological polar surface area (TPSA) is 184 Å². The summed E-state index contributed by atoms with van der Waals surface area (Å²) in [5, 5.41) is 23.4. The molecule has 0 radical (unpaired) electrons. The smallest absolute Gasteiger partial charge is 0.238 e. The maximum atomic E-state index is 12.3. The molecule has 0 aliphatic heterocycles. The predicted molar refractivity (Wildman–Crippen MR) is 127 cm³/mol. The number of nitrogens with zero attached hydrogens (tertiary/aromatic N) is 4. The van der Waals surface area contributed by atoms with Crippen LogP contribution >= 0.6 is 11.8 Å². The Hall–Kier alpha value is -3.88. The zero-order valence-corrected chi connectivity index (χ0v) is 19.4. The number of primary sulfonamides is 1. The van der Waals surface area contributed by atoms with E-state index in [1.165, 1.54) is 28.9 Å². The van der Waals surface area contributed by atoms with E-state index in [1.54, 1.807) is 13.2 Å². The van der Waals surface area contributed by atoms with Crippen molar-refractivity contribution in [3.8, 4) is 28.5 Å². The molecule has 176 valence electrons. The Kier molecular flexibility index (Phi) is 6.54. The fourth-order valence-electron chi connectivity index (χ4n) is 2.96. The van der Waals surface area contributed by atoms with Crippen LogP contribution in [0.15, 0.2) is 64.6 Å². The number of thioether (sulfide) groups is 1. The lowest BCUT2D eigenvalue weighted by Gasteiger charge is -2.06. The summed E-state index contributed by atoms with van der Waals surface area (Å²) >= 11 is 1.09. The molecule has 0 saturated carbocycles. The van der Waals surface area contributed by atoms with E-state index >= 15 is 0 Å². The van der Waals surface area contributed by atoms with Crippen molar-refractivity contribution in [1.82, 2.24) is 25.1 Å². The average molecular weight is 501 g/mol. The Labute approximate surface area is 198 Å². The fourth-order valence-corrected chi connectivity index (χ4v) is 4.13. The van der Waals surface area contributed by atoms with Crippen molar-refractivity contribution >= 4 is 33.4 Å². The molecule has 12 nitrogen and oxygen atoms in total. The van der Waals surface area contributed by atoms with E-state index in [1.807, 2.05) is 24.3 Å². The molecule has 0 bridgehead atoms. The molecule has 2 heterocycles. The van der Waals surface area contributed by atoms with E-state index < -0.39 is 10.0 Å². The Bertz CT molecular complexity index is 1410. The van der Waals surface area contributed by atoms with Gasteiger partial charge in [-0.25, -0.2) is 18.2 Å². The molecule has 0 fully saturated rings. The van der Waals surface area contributed by atoms with Crippen LogP contribution in [0.3, 0.4) is 0 Å². The van der Waals surface area contributed by atoms with Gasteiger partial charge in [0.25, 0.3) is 0 Å². The molecule has 0 atom stereocenters. The van der Waals surface area contributed by atoms with Crippen molar-refractivity contribution in [2.45, 2.75) is 10.1 Å². The van der Waals surface area contributed by atoms with Gasteiger partial charge in [0, 0.05) is 11.3 Å². The van der Waals surface area contributed by atoms with Gasteiger partial charge in [0.05, 0.1) is 23.5 Å². The summed E-state index contributed by atoms with van der Waals surface area (Å²) in [6, 6.07) is 14.8. The lowest BCUT2D eigenvalue weighted by atomic mass is 10.1. The molecule has 0 unspecified atom stereocenters. The number of aromatic amines is 1. The lowest BCUT2D eigenvalue weighted by molar-refractivity contribution is -0.113. The molecular weight excluding hydrogens is 480 g/mol. The molecule has 0 saturated heterocycles. The highest BCUT2D eigenvalue weighted by molar-refractivity contribution is 7.99. The molecule has 4 rings (SSSR count). The first kappa shape index (κ1) is 23.3. The number of methoxy groups -OCH3 is 1. The summed E-state index contributed by atoms with van der Waals surface area (Å²) in [6.07, 6.45) is 0. The van der Waals surface area contributed by atoms with E-state index in [-0.39, 0.29) is 16.6 Å². The van der Waals surface area contributed by atoms with Gasteiger partial charge in [-0.3, -0.25) is 9.89 Å². The third-order valence-corrected chi connectivity index (χ3v) is 6.54. The Balaban J connectivity index is 1.39. The van der Waals surface area contributed by atoms with Crippen LogP contribution < -0.4 is 21.0 Å². The molecule has 14 heteroatoms. The standard InChI is InChI=1S/C20H20N8O4S2/c1-32-14-6-2-12(3-7-14)16-10-17(25-24-16)19-26-27-20(28(19)21)33-11-18(29)23-13-4-8-15(9-5-13)34(22,30)31/h2-10H,11,21H2,1H3,(H,23,29)(H,24,25)(H2,22,30,31). The number of carbonyl (C=O) groups is 1. The number of benzene rings is 2. The van der Waals surface area contributed by atoms with E-state index in [4.69, 9.17) is 15.7 Å². The summed E-state index contributed by atoms with van der Waals surface area (Å²) in [4.78, 5) is 12.2. The number of anilines is 1. The van der Waals surface area contributed by atoms with Crippen LogP contribution in [0.5, 0.6) is 5.75 Å². The number of amides is 1. The normalized spacial score (nSPS) is 11.4. The zero-order chi connectivity index (χ0) is 24.3. The second-order valence-corrected chi connectivity index (χ2v) is 9.48. The molecule has 0 aliphatic rings. The number of ether oxygens (including phenoxy) is 1. The van der Waals surface area contributed by atoms with Gasteiger partial charge in [0.15, 0.2) is 0 Å². The molecule has 4 aromatic rings. The molecule has 6 N–H and O–H groups in total. The van der Waals surface area contributed by atoms with Gasteiger partial charge in [-0.15, -0.1) is 10.2 Å². The summed E-state index contributed by atoms with van der Waals surface area (Å²) in [6.45, 7) is 0. The van der Waals surface area contributed by atoms with Gasteiger partial charge in [-0.05, 0) is 54.6 Å². The third kappa shape index (κ3) is 5.19. The Morgan fingerprint density at radius 3 is 2.50 bits per heavy atom. The van der Waals surface area contributed by atoms with Crippen LogP contribution in [0.2, 0.25) is 0 Å². The summed E-state index contributed by atoms with van der Waals surface area (Å²) in [7, 11) is -2.20. The minimum absolute atomic E-state index is 0.00630. The van der Waals surface area contributed by atoms with Crippen LogP contribution in [-0.4, -0.2) is 52.3 Å². The van der Waals surface area contributed by atoms with Gasteiger partial charge < -0.3 is 15.9 Å². The number of nitrogens with one attached hydrogen (secondary N) is 2. The first-order chi connectivity index (χ1) is 16.2. The fraction of sp³-hybridized carbons (Fsp3) is 0.100. The van der Waals surface area contributed by atoms with Gasteiger partial charge in [-0.2, -0.15) is 5.10 Å². The van der Waals surface area contributed by atoms with Crippen molar-refractivity contribution in [2.75, 3.05) is 24.0 Å². The number of rotatable bonds is 8. The van der Waals surface area contributed by atoms with Crippen LogP contribution in [0.1, 0.15) is 0 Å². The largest absolute Gasteiger partial charge is 0.497 e. The minimum atomic E-state index is -3.80. The van der Waals surface area contributed by atoms with Crippen LogP contribution in [-0.2, 0) is 14.8 Å². The van der Waals surface area contributed by atoms with Crippen LogP contribution in [0, 0.1) is 0 Å². The summed E-state index contributed by atoms with van der Waals surface area (Å²) in [5.41, 5.74) is 2.57. The van der Waals surface area contributed by atoms with Gasteiger partial charge >= 0.3 is 0 Å². The number of hydrogen-bond acceptors (Lipinski definition) is 9. The highest BCUT2D eigenvalue weighted by atomic mass is 32.2. The number of nitrogen functional groups attached to an aromatic ring is 1. The second kappa shape index (κ2) is 9.54. The zero-order valence-electron chi connectivity index (χ0n) is 17.8. The lowest BCUT2D eigenvalue weighted by Crippen LogP contribution is -2.17. The molecule has 2 aromatic heterocycles. The van der Waals surface area contributed by atoms with Crippen LogP contribution in [0.25, 0.3) is 22.8 Å². The van der Waals surface area contributed by atoms with E-state index in [0.717, 1.165) is 23.1 Å². The van der Waals surface area contributed by atoms with Crippen molar-refractivity contribution in [3.63, 3.8) is 0 Å². The second-order valence-electron chi connectivity index (χ2n) is 6.98. The Morgan fingerprint density at radius 1 is 1.15 bits per heavy atom. The number of sulfonamides is 1. The summed E-state index contributed by atoms with van der Waals surface area (Å²) < 4.78 is 29.0. The number of nitrogens with two attached hydrogens (primary N) is 2. The molecule has 34 heavy (non-hydrogen) atoms. The maximum Gasteiger partial charge on any atom is 0.238 e. The predicted octanol–water partition coefficient (Wildman–Crippen LogP) is 1.44. The van der Waals surface area contributed by atoms with Crippen molar-refractivity contribution in [1.29, 1.82) is 0 Å². The van der Waals surface area contributed by atoms with E-state index in [2.05, 4.69) is 25.7 Å².